The number of pyridine rings is 1. The van der Waals surface area contributed by atoms with Crippen LogP contribution in [0.5, 0.6) is 0 Å². The smallest absolute Gasteiger partial charge is 0.258 e. The van der Waals surface area contributed by atoms with Gasteiger partial charge in [-0.15, -0.1) is 0 Å². The summed E-state index contributed by atoms with van der Waals surface area (Å²) in [6.45, 7) is 7.34. The van der Waals surface area contributed by atoms with Crippen molar-refractivity contribution in [3.05, 3.63) is 64.5 Å². The molecule has 3 aromatic heterocycles. The summed E-state index contributed by atoms with van der Waals surface area (Å²) in [4.78, 5) is 19.2. The molecule has 0 bridgehead atoms. The van der Waals surface area contributed by atoms with Crippen molar-refractivity contribution in [2.75, 3.05) is 13.1 Å². The van der Waals surface area contributed by atoms with Crippen LogP contribution >= 0.6 is 0 Å². The minimum atomic E-state index is -0.0307. The van der Waals surface area contributed by atoms with E-state index in [4.69, 9.17) is 0 Å². The van der Waals surface area contributed by atoms with Crippen LogP contribution in [0.3, 0.4) is 0 Å². The van der Waals surface area contributed by atoms with Crippen molar-refractivity contribution in [2.24, 2.45) is 0 Å². The molecule has 23 heavy (non-hydrogen) atoms. The highest BCUT2D eigenvalue weighted by atomic mass is 16.1. The lowest BCUT2D eigenvalue weighted by atomic mass is 10.2. The Bertz CT molecular complexity index is 838. The SMILES string of the molecule is CCN(CCn1cccn1)Cc1cc(=O)n2cccc(C)c2n1. The van der Waals surface area contributed by atoms with Gasteiger partial charge in [-0.3, -0.25) is 18.8 Å². The van der Waals surface area contributed by atoms with Crippen LogP contribution in [0.25, 0.3) is 5.65 Å². The van der Waals surface area contributed by atoms with Gasteiger partial charge in [0.2, 0.25) is 0 Å². The van der Waals surface area contributed by atoms with E-state index in [2.05, 4.69) is 21.9 Å². The van der Waals surface area contributed by atoms with Crippen LogP contribution in [-0.2, 0) is 13.1 Å². The molecule has 0 N–H and O–H groups in total. The van der Waals surface area contributed by atoms with Gasteiger partial charge in [-0.1, -0.05) is 13.0 Å². The molecule has 0 saturated carbocycles. The fraction of sp³-hybridized carbons (Fsp3) is 0.353. The van der Waals surface area contributed by atoms with Crippen molar-refractivity contribution in [1.82, 2.24) is 24.1 Å². The van der Waals surface area contributed by atoms with E-state index in [0.29, 0.717) is 6.54 Å². The van der Waals surface area contributed by atoms with Crippen molar-refractivity contribution in [3.63, 3.8) is 0 Å². The maximum Gasteiger partial charge on any atom is 0.258 e. The van der Waals surface area contributed by atoms with E-state index in [0.717, 1.165) is 36.5 Å². The number of rotatable bonds is 6. The Labute approximate surface area is 135 Å². The molecule has 0 aliphatic rings. The van der Waals surface area contributed by atoms with Gasteiger partial charge in [0.1, 0.15) is 5.65 Å². The Hall–Kier alpha value is -2.47. The highest BCUT2D eigenvalue weighted by Gasteiger charge is 2.09. The summed E-state index contributed by atoms with van der Waals surface area (Å²) in [5, 5.41) is 4.22. The first-order valence-corrected chi connectivity index (χ1v) is 7.85. The van der Waals surface area contributed by atoms with Crippen LogP contribution in [0.1, 0.15) is 18.2 Å². The molecule has 0 fully saturated rings. The zero-order valence-electron chi connectivity index (χ0n) is 13.5. The van der Waals surface area contributed by atoms with Crippen molar-refractivity contribution < 1.29 is 0 Å². The predicted octanol–water partition coefficient (Wildman–Crippen LogP) is 1.72. The van der Waals surface area contributed by atoms with Crippen LogP contribution in [0, 0.1) is 6.92 Å². The van der Waals surface area contributed by atoms with E-state index < -0.39 is 0 Å². The number of aromatic nitrogens is 4. The highest BCUT2D eigenvalue weighted by molar-refractivity contribution is 5.46. The lowest BCUT2D eigenvalue weighted by Crippen LogP contribution is -2.28. The molecule has 0 aliphatic carbocycles. The molecule has 0 saturated heterocycles. The van der Waals surface area contributed by atoms with Gasteiger partial charge in [0, 0.05) is 37.7 Å². The first-order chi connectivity index (χ1) is 11.2. The summed E-state index contributed by atoms with van der Waals surface area (Å²) in [5.74, 6) is 0. The molecule has 0 spiro atoms. The normalized spacial score (nSPS) is 11.4. The van der Waals surface area contributed by atoms with Gasteiger partial charge in [0.15, 0.2) is 0 Å². The summed E-state index contributed by atoms with van der Waals surface area (Å²) in [6, 6.07) is 7.39. The van der Waals surface area contributed by atoms with Gasteiger partial charge in [-0.25, -0.2) is 4.98 Å². The largest absolute Gasteiger partial charge is 0.296 e. The van der Waals surface area contributed by atoms with Gasteiger partial charge >= 0.3 is 0 Å². The highest BCUT2D eigenvalue weighted by Crippen LogP contribution is 2.07. The lowest BCUT2D eigenvalue weighted by Gasteiger charge is -2.20. The van der Waals surface area contributed by atoms with E-state index in [1.54, 1.807) is 22.9 Å². The predicted molar refractivity (Wildman–Crippen MR) is 89.4 cm³/mol. The molecule has 0 unspecified atom stereocenters. The molecule has 3 aromatic rings. The van der Waals surface area contributed by atoms with Gasteiger partial charge in [-0.05, 0) is 31.2 Å². The fourth-order valence-corrected chi connectivity index (χ4v) is 2.64. The molecule has 0 aliphatic heterocycles. The molecular weight excluding hydrogens is 290 g/mol. The molecule has 3 rings (SSSR count). The Morgan fingerprint density at radius 2 is 2.13 bits per heavy atom. The summed E-state index contributed by atoms with van der Waals surface area (Å²) in [7, 11) is 0. The average Bonchev–Trinajstić information content (AvgIpc) is 3.06. The summed E-state index contributed by atoms with van der Waals surface area (Å²) >= 11 is 0. The number of likely N-dealkylation sites (N-methyl/N-ethyl adjacent to an activating group) is 1. The van der Waals surface area contributed by atoms with Gasteiger partial charge < -0.3 is 0 Å². The van der Waals surface area contributed by atoms with E-state index in [-0.39, 0.29) is 5.56 Å². The van der Waals surface area contributed by atoms with Gasteiger partial charge in [0.05, 0.1) is 12.2 Å². The van der Waals surface area contributed by atoms with E-state index >= 15 is 0 Å². The number of fused-ring (bicyclic) bond motifs is 1. The van der Waals surface area contributed by atoms with Crippen LogP contribution < -0.4 is 5.56 Å². The molecule has 0 amide bonds. The molecule has 3 heterocycles. The zero-order valence-corrected chi connectivity index (χ0v) is 13.5. The Morgan fingerprint density at radius 1 is 1.26 bits per heavy atom. The first-order valence-electron chi connectivity index (χ1n) is 7.85. The van der Waals surface area contributed by atoms with Crippen LogP contribution in [-0.4, -0.2) is 37.2 Å². The average molecular weight is 311 g/mol. The van der Waals surface area contributed by atoms with E-state index in [9.17, 15) is 4.79 Å². The topological polar surface area (TPSA) is 55.4 Å². The van der Waals surface area contributed by atoms with Gasteiger partial charge in [-0.2, -0.15) is 5.10 Å². The van der Waals surface area contributed by atoms with Crippen molar-refractivity contribution in [3.8, 4) is 0 Å². The number of aryl methyl sites for hydroxylation is 1. The Kier molecular flexibility index (Phi) is 4.52. The Morgan fingerprint density at radius 3 is 2.87 bits per heavy atom. The van der Waals surface area contributed by atoms with Crippen molar-refractivity contribution in [1.29, 1.82) is 0 Å². The summed E-state index contributed by atoms with van der Waals surface area (Å²) in [6.07, 6.45) is 5.50. The molecule has 6 nitrogen and oxygen atoms in total. The second-order valence-corrected chi connectivity index (χ2v) is 5.61. The summed E-state index contributed by atoms with van der Waals surface area (Å²) in [5.41, 5.74) is 2.52. The minimum absolute atomic E-state index is 0.0307. The third-order valence-electron chi connectivity index (χ3n) is 3.98. The summed E-state index contributed by atoms with van der Waals surface area (Å²) < 4.78 is 3.51. The fourth-order valence-electron chi connectivity index (χ4n) is 2.64. The van der Waals surface area contributed by atoms with Crippen LogP contribution in [0.2, 0.25) is 0 Å². The van der Waals surface area contributed by atoms with Gasteiger partial charge in [0.25, 0.3) is 5.56 Å². The van der Waals surface area contributed by atoms with Crippen molar-refractivity contribution in [2.45, 2.75) is 26.9 Å². The molecule has 0 aromatic carbocycles. The number of nitrogens with zero attached hydrogens (tertiary/aromatic N) is 5. The monoisotopic (exact) mass is 311 g/mol. The Balaban J connectivity index is 1.79. The third kappa shape index (κ3) is 3.48. The van der Waals surface area contributed by atoms with Crippen LogP contribution in [0.15, 0.2) is 47.7 Å². The minimum Gasteiger partial charge on any atom is -0.296 e. The number of hydrogen-bond acceptors (Lipinski definition) is 4. The second kappa shape index (κ2) is 6.75. The van der Waals surface area contributed by atoms with Crippen LogP contribution in [0.4, 0.5) is 0 Å². The molecule has 0 radical (unpaired) electrons. The van der Waals surface area contributed by atoms with Crippen molar-refractivity contribution >= 4 is 5.65 Å². The molecular formula is C17H21N5O. The second-order valence-electron chi connectivity index (χ2n) is 5.61. The number of hydrogen-bond donors (Lipinski definition) is 0. The first kappa shape index (κ1) is 15.4. The van der Waals surface area contributed by atoms with E-state index in [1.807, 2.05) is 36.0 Å². The molecule has 120 valence electrons. The quantitative estimate of drug-likeness (QED) is 0.695. The molecule has 6 heteroatoms. The standard InChI is InChI=1S/C17H21N5O/c1-3-20(10-11-21-8-5-7-18-21)13-15-12-16(23)22-9-4-6-14(2)17(22)19-15/h4-9,12H,3,10-11,13H2,1-2H3. The molecule has 0 atom stereocenters. The van der Waals surface area contributed by atoms with E-state index in [1.165, 1.54) is 0 Å². The maximum absolute atomic E-state index is 12.3. The third-order valence-corrected chi connectivity index (χ3v) is 3.98. The zero-order chi connectivity index (χ0) is 16.2. The lowest BCUT2D eigenvalue weighted by molar-refractivity contribution is 0.260. The maximum atomic E-state index is 12.3.